The van der Waals surface area contributed by atoms with E-state index in [0.717, 1.165) is 11.3 Å². The standard InChI is InChI=1S/C40H53N11O6/c1-22(2)16-29(37(55)49(7)8)45-32(52)20-42-36(54)30-10-9-15-50(30)38(56)33(23(3)4)46-35(53)26-13-11-24(5)31(17-26)51-21-27-18-43-39(47-34(27)48-40(51)57)44-28-14-12-25(6)41-19-28/h11-14,17-19,22-23,29-30,33H,9-10,15-16,20-21H2,1-8H3,(H,42,54)(H,45,52)(H,46,53)(H2,43,44,47,48,57)/t29-,30-,33-/m0/s1. The van der Waals surface area contributed by atoms with Crippen molar-refractivity contribution < 1.29 is 28.8 Å². The van der Waals surface area contributed by atoms with Crippen molar-refractivity contribution >= 4 is 58.7 Å². The number of carbonyl (C=O) groups is 6. The van der Waals surface area contributed by atoms with Crippen LogP contribution in [0.1, 0.15) is 74.1 Å². The Hall–Kier alpha value is -6.13. The maximum Gasteiger partial charge on any atom is 0.327 e. The van der Waals surface area contributed by atoms with Gasteiger partial charge in [-0.2, -0.15) is 4.98 Å². The number of aryl methyl sites for hydroxylation is 2. The zero-order valence-corrected chi connectivity index (χ0v) is 33.8. The molecule has 0 bridgehead atoms. The van der Waals surface area contributed by atoms with Crippen LogP contribution in [0.5, 0.6) is 0 Å². The molecule has 5 rings (SSSR count). The predicted molar refractivity (Wildman–Crippen MR) is 215 cm³/mol. The minimum atomic E-state index is -0.964. The van der Waals surface area contributed by atoms with E-state index < -0.39 is 47.8 Å². The molecule has 2 aromatic heterocycles. The van der Waals surface area contributed by atoms with Crippen LogP contribution in [-0.2, 0) is 25.7 Å². The summed E-state index contributed by atoms with van der Waals surface area (Å²) in [5.74, 6) is -1.70. The Morgan fingerprint density at radius 2 is 1.74 bits per heavy atom. The van der Waals surface area contributed by atoms with Crippen molar-refractivity contribution in [1.82, 2.24) is 40.7 Å². The molecular formula is C40H53N11O6. The molecule has 0 aliphatic carbocycles. The van der Waals surface area contributed by atoms with E-state index in [1.807, 2.05) is 39.8 Å². The van der Waals surface area contributed by atoms with Crippen LogP contribution >= 0.6 is 0 Å². The van der Waals surface area contributed by atoms with Gasteiger partial charge in [0.15, 0.2) is 0 Å². The topological polar surface area (TPSA) is 211 Å². The number of likely N-dealkylation sites (tertiary alicyclic amines) is 1. The van der Waals surface area contributed by atoms with Gasteiger partial charge in [0.25, 0.3) is 5.91 Å². The Morgan fingerprint density at radius 1 is 0.982 bits per heavy atom. The Labute approximate surface area is 332 Å². The number of anilines is 4. The molecule has 2 aliphatic rings. The first-order valence-electron chi connectivity index (χ1n) is 19.2. The van der Waals surface area contributed by atoms with Crippen molar-refractivity contribution in [3.8, 4) is 0 Å². The lowest BCUT2D eigenvalue weighted by atomic mass is 10.0. The number of urea groups is 1. The molecule has 7 amide bonds. The molecule has 0 spiro atoms. The normalized spacial score (nSPS) is 16.0. The average molecular weight is 784 g/mol. The molecule has 57 heavy (non-hydrogen) atoms. The van der Waals surface area contributed by atoms with Gasteiger partial charge in [0, 0.05) is 49.3 Å². The van der Waals surface area contributed by atoms with Crippen LogP contribution in [0.25, 0.3) is 0 Å². The van der Waals surface area contributed by atoms with Crippen molar-refractivity contribution in [3.63, 3.8) is 0 Å². The Bertz CT molecular complexity index is 2000. The second-order valence-corrected chi connectivity index (χ2v) is 15.5. The molecule has 5 N–H and O–H groups in total. The number of hydrogen-bond acceptors (Lipinski definition) is 10. The van der Waals surface area contributed by atoms with Crippen LogP contribution < -0.4 is 31.5 Å². The monoisotopic (exact) mass is 783 g/mol. The molecule has 0 radical (unpaired) electrons. The molecule has 3 aromatic rings. The van der Waals surface area contributed by atoms with E-state index in [-0.39, 0.29) is 36.4 Å². The molecule has 1 fully saturated rings. The molecule has 4 heterocycles. The highest BCUT2D eigenvalue weighted by molar-refractivity contribution is 6.06. The Balaban J connectivity index is 1.23. The third-order valence-corrected chi connectivity index (χ3v) is 9.86. The third kappa shape index (κ3) is 10.4. The van der Waals surface area contributed by atoms with Crippen molar-refractivity contribution in [2.75, 3.05) is 42.7 Å². The zero-order valence-electron chi connectivity index (χ0n) is 33.8. The summed E-state index contributed by atoms with van der Waals surface area (Å²) >= 11 is 0. The van der Waals surface area contributed by atoms with Gasteiger partial charge in [-0.1, -0.05) is 33.8 Å². The molecule has 1 saturated heterocycles. The van der Waals surface area contributed by atoms with Gasteiger partial charge in [-0.15, -0.1) is 0 Å². The number of fused-ring (bicyclic) bond motifs is 1. The van der Waals surface area contributed by atoms with Gasteiger partial charge in [-0.3, -0.25) is 39.2 Å². The van der Waals surface area contributed by atoms with Crippen LogP contribution in [0.4, 0.5) is 27.9 Å². The number of carbonyl (C=O) groups excluding carboxylic acids is 6. The van der Waals surface area contributed by atoms with E-state index in [9.17, 15) is 28.8 Å². The summed E-state index contributed by atoms with van der Waals surface area (Å²) in [6, 6.07) is 5.72. The molecule has 3 atom stereocenters. The fourth-order valence-electron chi connectivity index (χ4n) is 6.76. The van der Waals surface area contributed by atoms with E-state index in [1.165, 1.54) is 14.7 Å². The molecule has 17 nitrogen and oxygen atoms in total. The van der Waals surface area contributed by atoms with E-state index >= 15 is 0 Å². The number of aromatic nitrogens is 3. The second-order valence-electron chi connectivity index (χ2n) is 15.5. The number of pyridine rings is 1. The number of nitrogens with zero attached hydrogens (tertiary/aromatic N) is 6. The van der Waals surface area contributed by atoms with E-state index in [2.05, 4.69) is 41.5 Å². The Morgan fingerprint density at radius 3 is 2.40 bits per heavy atom. The van der Waals surface area contributed by atoms with Crippen LogP contribution in [-0.4, -0.2) is 106 Å². The van der Waals surface area contributed by atoms with Crippen LogP contribution in [0.3, 0.4) is 0 Å². The highest BCUT2D eigenvalue weighted by Crippen LogP contribution is 2.30. The maximum atomic E-state index is 14.0. The first-order chi connectivity index (χ1) is 27.0. The van der Waals surface area contributed by atoms with Crippen molar-refractivity contribution in [2.45, 2.75) is 85.5 Å². The summed E-state index contributed by atoms with van der Waals surface area (Å²) in [6.07, 6.45) is 4.69. The third-order valence-electron chi connectivity index (χ3n) is 9.86. The molecule has 304 valence electrons. The summed E-state index contributed by atoms with van der Waals surface area (Å²) in [7, 11) is 3.23. The van der Waals surface area contributed by atoms with Crippen molar-refractivity contribution in [1.29, 1.82) is 0 Å². The SMILES string of the molecule is Cc1ccc(Nc2ncc3c(n2)NC(=O)N(c2cc(C(=O)N[C@H](C(=O)N4CCC[C@H]4C(=O)NCC(=O)N[C@@H](CC(C)C)C(=O)N(C)C)C(C)C)ccc2C)C3)cn1. The predicted octanol–water partition coefficient (Wildman–Crippen LogP) is 3.26. The van der Waals surface area contributed by atoms with Crippen LogP contribution in [0.15, 0.2) is 42.7 Å². The number of nitrogens with one attached hydrogen (secondary N) is 5. The molecule has 1 aromatic carbocycles. The fourth-order valence-corrected chi connectivity index (χ4v) is 6.76. The maximum absolute atomic E-state index is 14.0. The van der Waals surface area contributed by atoms with Gasteiger partial charge in [0.1, 0.15) is 23.9 Å². The number of hydrogen-bond donors (Lipinski definition) is 5. The minimum absolute atomic E-state index is 0.152. The number of likely N-dealkylation sites (N-methyl/N-ethyl adjacent to an activating group) is 1. The van der Waals surface area contributed by atoms with Crippen LogP contribution in [0, 0.1) is 25.7 Å². The number of amides is 7. The second kappa shape index (κ2) is 18.2. The smallest absolute Gasteiger partial charge is 0.327 e. The largest absolute Gasteiger partial charge is 0.347 e. The van der Waals surface area contributed by atoms with Gasteiger partial charge in [0.2, 0.25) is 29.6 Å². The van der Waals surface area contributed by atoms with Gasteiger partial charge >= 0.3 is 6.03 Å². The first kappa shape index (κ1) is 42.0. The summed E-state index contributed by atoms with van der Waals surface area (Å²) in [4.78, 5) is 97.4. The molecule has 0 unspecified atom stereocenters. The van der Waals surface area contributed by atoms with Gasteiger partial charge in [-0.25, -0.2) is 9.78 Å². The number of rotatable bonds is 14. The van der Waals surface area contributed by atoms with Crippen molar-refractivity contribution in [3.05, 3.63) is 65.1 Å². The van der Waals surface area contributed by atoms with E-state index in [0.29, 0.717) is 54.5 Å². The molecule has 0 saturated carbocycles. The minimum Gasteiger partial charge on any atom is -0.347 e. The summed E-state index contributed by atoms with van der Waals surface area (Å²) < 4.78 is 0. The van der Waals surface area contributed by atoms with Gasteiger partial charge in [-0.05, 0) is 74.8 Å². The fraction of sp³-hybridized carbons (Fsp3) is 0.475. The summed E-state index contributed by atoms with van der Waals surface area (Å²) in [5, 5.41) is 14.1. The summed E-state index contributed by atoms with van der Waals surface area (Å²) in [6.45, 7) is 11.3. The quantitative estimate of drug-likeness (QED) is 0.161. The average Bonchev–Trinajstić information content (AvgIpc) is 3.66. The van der Waals surface area contributed by atoms with E-state index in [1.54, 1.807) is 58.5 Å². The van der Waals surface area contributed by atoms with Gasteiger partial charge in [0.05, 0.1) is 25.0 Å². The molecular weight excluding hydrogens is 731 g/mol. The highest BCUT2D eigenvalue weighted by Gasteiger charge is 2.39. The Kier molecular flexibility index (Phi) is 13.4. The van der Waals surface area contributed by atoms with Gasteiger partial charge < -0.3 is 31.1 Å². The lowest BCUT2D eigenvalue weighted by Crippen LogP contribution is -2.56. The van der Waals surface area contributed by atoms with E-state index in [4.69, 9.17) is 0 Å². The van der Waals surface area contributed by atoms with Crippen LogP contribution in [0.2, 0.25) is 0 Å². The first-order valence-corrected chi connectivity index (χ1v) is 19.2. The molecule has 2 aliphatic heterocycles. The lowest BCUT2D eigenvalue weighted by Gasteiger charge is -2.31. The lowest BCUT2D eigenvalue weighted by molar-refractivity contribution is -0.141. The highest BCUT2D eigenvalue weighted by atomic mass is 16.2. The van der Waals surface area contributed by atoms with Crippen molar-refractivity contribution in [2.24, 2.45) is 11.8 Å². The zero-order chi connectivity index (χ0) is 41.6. The summed E-state index contributed by atoms with van der Waals surface area (Å²) in [5.41, 5.74) is 3.71. The number of benzene rings is 1. The molecule has 17 heteroatoms.